The highest BCUT2D eigenvalue weighted by atomic mass is 35.5. The van der Waals surface area contributed by atoms with E-state index in [1.54, 1.807) is 7.11 Å². The van der Waals surface area contributed by atoms with Gasteiger partial charge in [0.05, 0.1) is 6.61 Å². The summed E-state index contributed by atoms with van der Waals surface area (Å²) in [5.41, 5.74) is 2.48. The van der Waals surface area contributed by atoms with Crippen molar-refractivity contribution in [2.75, 3.05) is 38.3 Å². The number of ether oxygens (including phenoxy) is 1. The van der Waals surface area contributed by atoms with Crippen LogP contribution in [-0.4, -0.2) is 33.4 Å². The minimum atomic E-state index is 0.720. The Labute approximate surface area is 127 Å². The Bertz CT molecular complexity index is 428. The highest BCUT2D eigenvalue weighted by molar-refractivity contribution is 6.31. The quantitative estimate of drug-likeness (QED) is 0.816. The molecule has 20 heavy (non-hydrogen) atoms. The molecule has 112 valence electrons. The van der Waals surface area contributed by atoms with Crippen LogP contribution in [0.15, 0.2) is 18.2 Å². The first-order chi connectivity index (χ1) is 9.63. The second-order valence-corrected chi connectivity index (χ2v) is 6.17. The fourth-order valence-electron chi connectivity index (χ4n) is 2.73. The van der Waals surface area contributed by atoms with Gasteiger partial charge in [-0.2, -0.15) is 0 Å². The van der Waals surface area contributed by atoms with Gasteiger partial charge in [-0.3, -0.25) is 0 Å². The lowest BCUT2D eigenvalue weighted by molar-refractivity contribution is 0.199. The summed E-state index contributed by atoms with van der Waals surface area (Å²) in [6.45, 7) is 9.24. The van der Waals surface area contributed by atoms with Crippen LogP contribution in [0.4, 0.5) is 5.69 Å². The monoisotopic (exact) mass is 296 g/mol. The molecule has 1 fully saturated rings. The van der Waals surface area contributed by atoms with E-state index in [4.69, 9.17) is 16.3 Å². The van der Waals surface area contributed by atoms with Crippen LogP contribution in [0, 0.1) is 11.8 Å². The van der Waals surface area contributed by atoms with Gasteiger partial charge in [0, 0.05) is 49.6 Å². The number of halogens is 1. The van der Waals surface area contributed by atoms with Crippen molar-refractivity contribution in [2.45, 2.75) is 20.4 Å². The van der Waals surface area contributed by atoms with Crippen molar-refractivity contribution in [3.63, 3.8) is 0 Å². The molecule has 0 amide bonds. The van der Waals surface area contributed by atoms with E-state index in [1.165, 1.54) is 11.3 Å². The molecule has 1 heterocycles. The van der Waals surface area contributed by atoms with E-state index in [-0.39, 0.29) is 0 Å². The van der Waals surface area contributed by atoms with E-state index in [0.29, 0.717) is 0 Å². The number of nitrogens with one attached hydrogen (secondary N) is 1. The van der Waals surface area contributed by atoms with E-state index < -0.39 is 0 Å². The molecule has 0 radical (unpaired) electrons. The first kappa shape index (κ1) is 15.6. The van der Waals surface area contributed by atoms with Crippen molar-refractivity contribution in [1.29, 1.82) is 0 Å². The Hall–Kier alpha value is -0.770. The minimum Gasteiger partial charge on any atom is -0.383 e. The smallest absolute Gasteiger partial charge is 0.0587 e. The first-order valence-electron chi connectivity index (χ1n) is 7.35. The summed E-state index contributed by atoms with van der Waals surface area (Å²) in [6, 6.07) is 6.20. The Morgan fingerprint density at radius 2 is 2.00 bits per heavy atom. The molecular weight excluding hydrogens is 272 g/mol. The standard InChI is InChI=1S/C16H25ClN2O/c1-12-10-19(11-13(12)2)16-6-4-5-15(17)14(16)9-18-7-8-20-3/h4-6,12-13,18H,7-11H2,1-3H3. The molecule has 0 bridgehead atoms. The molecule has 4 heteroatoms. The maximum absolute atomic E-state index is 6.40. The van der Waals surface area contributed by atoms with Crippen molar-refractivity contribution < 1.29 is 4.74 Å². The minimum absolute atomic E-state index is 0.720. The molecule has 1 N–H and O–H groups in total. The van der Waals surface area contributed by atoms with Crippen LogP contribution in [0.25, 0.3) is 0 Å². The predicted octanol–water partition coefficient (Wildman–Crippen LogP) is 3.17. The molecule has 2 atom stereocenters. The highest BCUT2D eigenvalue weighted by Gasteiger charge is 2.27. The number of benzene rings is 1. The lowest BCUT2D eigenvalue weighted by Gasteiger charge is -2.23. The predicted molar refractivity (Wildman–Crippen MR) is 85.6 cm³/mol. The summed E-state index contributed by atoms with van der Waals surface area (Å²) in [5.74, 6) is 1.48. The molecule has 1 aromatic rings. The van der Waals surface area contributed by atoms with Crippen LogP contribution < -0.4 is 10.2 Å². The van der Waals surface area contributed by atoms with Crippen molar-refractivity contribution in [3.8, 4) is 0 Å². The molecular formula is C16H25ClN2O. The first-order valence-corrected chi connectivity index (χ1v) is 7.73. The molecule has 0 spiro atoms. The van der Waals surface area contributed by atoms with Gasteiger partial charge in [0.1, 0.15) is 0 Å². The second kappa shape index (κ2) is 7.30. The van der Waals surface area contributed by atoms with Crippen LogP contribution >= 0.6 is 11.6 Å². The molecule has 0 aliphatic carbocycles. The van der Waals surface area contributed by atoms with Gasteiger partial charge in [-0.05, 0) is 24.0 Å². The van der Waals surface area contributed by atoms with Crippen molar-refractivity contribution in [2.24, 2.45) is 11.8 Å². The van der Waals surface area contributed by atoms with Gasteiger partial charge in [-0.1, -0.05) is 31.5 Å². The molecule has 0 saturated carbocycles. The fraction of sp³-hybridized carbons (Fsp3) is 0.625. The Morgan fingerprint density at radius 1 is 1.30 bits per heavy atom. The Kier molecular flexibility index (Phi) is 5.70. The van der Waals surface area contributed by atoms with E-state index >= 15 is 0 Å². The summed E-state index contributed by atoms with van der Waals surface area (Å²) >= 11 is 6.40. The van der Waals surface area contributed by atoms with Crippen molar-refractivity contribution in [1.82, 2.24) is 5.32 Å². The third-order valence-electron chi connectivity index (χ3n) is 4.21. The maximum Gasteiger partial charge on any atom is 0.0587 e. The Morgan fingerprint density at radius 3 is 2.65 bits per heavy atom. The molecule has 1 aromatic carbocycles. The van der Waals surface area contributed by atoms with Crippen LogP contribution in [0.3, 0.4) is 0 Å². The van der Waals surface area contributed by atoms with Crippen molar-refractivity contribution in [3.05, 3.63) is 28.8 Å². The maximum atomic E-state index is 6.40. The number of anilines is 1. The second-order valence-electron chi connectivity index (χ2n) is 5.77. The van der Waals surface area contributed by atoms with Gasteiger partial charge in [0.25, 0.3) is 0 Å². The summed E-state index contributed by atoms with van der Waals surface area (Å²) in [4.78, 5) is 2.47. The molecule has 0 aromatic heterocycles. The number of rotatable bonds is 6. The number of nitrogens with zero attached hydrogens (tertiary/aromatic N) is 1. The zero-order chi connectivity index (χ0) is 14.5. The largest absolute Gasteiger partial charge is 0.383 e. The van der Waals surface area contributed by atoms with E-state index in [1.807, 2.05) is 12.1 Å². The van der Waals surface area contributed by atoms with Crippen LogP contribution in [0.2, 0.25) is 5.02 Å². The lowest BCUT2D eigenvalue weighted by Crippen LogP contribution is -2.24. The number of methoxy groups -OCH3 is 1. The van der Waals surface area contributed by atoms with Gasteiger partial charge < -0.3 is 15.0 Å². The molecule has 1 aliphatic rings. The van der Waals surface area contributed by atoms with E-state index in [9.17, 15) is 0 Å². The van der Waals surface area contributed by atoms with Crippen LogP contribution in [-0.2, 0) is 11.3 Å². The third-order valence-corrected chi connectivity index (χ3v) is 4.56. The topological polar surface area (TPSA) is 24.5 Å². The summed E-state index contributed by atoms with van der Waals surface area (Å²) < 4.78 is 5.06. The SMILES string of the molecule is COCCNCc1c(Cl)cccc1N1CC(C)C(C)C1. The average Bonchev–Trinajstić information content (AvgIpc) is 2.76. The molecule has 1 saturated heterocycles. The van der Waals surface area contributed by atoms with Gasteiger partial charge in [-0.25, -0.2) is 0 Å². The summed E-state index contributed by atoms with van der Waals surface area (Å²) in [7, 11) is 1.72. The molecule has 1 aliphatic heterocycles. The zero-order valence-electron chi connectivity index (χ0n) is 12.7. The highest BCUT2D eigenvalue weighted by Crippen LogP contribution is 2.33. The molecule has 3 nitrogen and oxygen atoms in total. The van der Waals surface area contributed by atoms with Gasteiger partial charge in [0.15, 0.2) is 0 Å². The molecule has 2 rings (SSSR count). The van der Waals surface area contributed by atoms with Gasteiger partial charge in [0.2, 0.25) is 0 Å². The van der Waals surface area contributed by atoms with Crippen LogP contribution in [0.1, 0.15) is 19.4 Å². The molecule has 2 unspecified atom stereocenters. The Balaban J connectivity index is 2.10. The average molecular weight is 297 g/mol. The van der Waals surface area contributed by atoms with E-state index in [0.717, 1.165) is 49.6 Å². The fourth-order valence-corrected chi connectivity index (χ4v) is 2.97. The number of hydrogen-bond acceptors (Lipinski definition) is 3. The summed E-state index contributed by atoms with van der Waals surface area (Å²) in [6.07, 6.45) is 0. The summed E-state index contributed by atoms with van der Waals surface area (Å²) in [5, 5.41) is 4.24. The van der Waals surface area contributed by atoms with Gasteiger partial charge >= 0.3 is 0 Å². The normalized spacial score (nSPS) is 22.5. The zero-order valence-corrected chi connectivity index (χ0v) is 13.4. The van der Waals surface area contributed by atoms with E-state index in [2.05, 4.69) is 30.1 Å². The number of hydrogen-bond donors (Lipinski definition) is 1. The van der Waals surface area contributed by atoms with Crippen molar-refractivity contribution >= 4 is 17.3 Å². The van der Waals surface area contributed by atoms with Crippen LogP contribution in [0.5, 0.6) is 0 Å². The van der Waals surface area contributed by atoms with Gasteiger partial charge in [-0.15, -0.1) is 0 Å². The third kappa shape index (κ3) is 3.66. The lowest BCUT2D eigenvalue weighted by atomic mass is 10.0.